The zero-order chi connectivity index (χ0) is 19.9. The first-order chi connectivity index (χ1) is 13.5. The number of nitrogens with two attached hydrogens (primary N) is 1. The van der Waals surface area contributed by atoms with Crippen molar-refractivity contribution >= 4 is 29.2 Å². The monoisotopic (exact) mass is 420 g/mol. The Morgan fingerprint density at radius 2 is 1.89 bits per heavy atom. The number of benzene rings is 2. The van der Waals surface area contributed by atoms with Crippen LogP contribution in [0.25, 0.3) is 0 Å². The maximum absolute atomic E-state index is 6.28. The molecule has 0 aromatic heterocycles. The minimum Gasteiger partial charge on any atom is -0.379 e. The minimum atomic E-state index is -0.0721. The molecule has 0 aliphatic carbocycles. The van der Waals surface area contributed by atoms with Gasteiger partial charge < -0.3 is 15.8 Å². The van der Waals surface area contributed by atoms with Crippen LogP contribution in [0.1, 0.15) is 29.7 Å². The fourth-order valence-corrected chi connectivity index (χ4v) is 3.81. The second kappa shape index (κ2) is 10.1. The molecule has 0 bridgehead atoms. The van der Waals surface area contributed by atoms with E-state index in [1.54, 1.807) is 6.07 Å². The molecule has 5 nitrogen and oxygen atoms in total. The van der Waals surface area contributed by atoms with Crippen LogP contribution in [0.15, 0.2) is 47.5 Å². The number of rotatable bonds is 6. The van der Waals surface area contributed by atoms with Crippen molar-refractivity contribution in [3.63, 3.8) is 0 Å². The minimum absolute atomic E-state index is 0.0721. The Balaban J connectivity index is 1.62. The predicted octanol–water partition coefficient (Wildman–Crippen LogP) is 3.99. The SMILES string of the molecule is CC(NC(N)=NCc1ccccc1CN1CCOCC1)c1ccc(Cl)cc1Cl. The smallest absolute Gasteiger partial charge is 0.189 e. The van der Waals surface area contributed by atoms with E-state index >= 15 is 0 Å². The lowest BCUT2D eigenvalue weighted by molar-refractivity contribution is 0.0341. The molecule has 1 saturated heterocycles. The zero-order valence-electron chi connectivity index (χ0n) is 16.0. The fraction of sp³-hybridized carbons (Fsp3) is 0.381. The van der Waals surface area contributed by atoms with E-state index in [2.05, 4.69) is 33.4 Å². The topological polar surface area (TPSA) is 62.9 Å². The van der Waals surface area contributed by atoms with Gasteiger partial charge in [0, 0.05) is 29.7 Å². The van der Waals surface area contributed by atoms with E-state index in [4.69, 9.17) is 33.7 Å². The molecule has 3 N–H and O–H groups in total. The van der Waals surface area contributed by atoms with Crippen LogP contribution in [-0.4, -0.2) is 37.2 Å². The van der Waals surface area contributed by atoms with Crippen LogP contribution in [-0.2, 0) is 17.8 Å². The van der Waals surface area contributed by atoms with Crippen LogP contribution >= 0.6 is 23.2 Å². The van der Waals surface area contributed by atoms with Gasteiger partial charge in [0.15, 0.2) is 5.96 Å². The number of morpholine rings is 1. The Hall–Kier alpha value is -1.79. The first kappa shape index (κ1) is 20.9. The average Bonchev–Trinajstić information content (AvgIpc) is 2.68. The van der Waals surface area contributed by atoms with Crippen molar-refractivity contribution in [2.24, 2.45) is 10.7 Å². The van der Waals surface area contributed by atoms with Gasteiger partial charge >= 0.3 is 0 Å². The molecular weight excluding hydrogens is 395 g/mol. The third kappa shape index (κ3) is 5.85. The number of hydrogen-bond acceptors (Lipinski definition) is 3. The maximum atomic E-state index is 6.28. The molecule has 1 fully saturated rings. The van der Waals surface area contributed by atoms with Gasteiger partial charge in [-0.05, 0) is 35.7 Å². The van der Waals surface area contributed by atoms with Gasteiger partial charge in [-0.15, -0.1) is 0 Å². The van der Waals surface area contributed by atoms with Crippen molar-refractivity contribution in [1.29, 1.82) is 0 Å². The maximum Gasteiger partial charge on any atom is 0.189 e. The number of nitrogens with one attached hydrogen (secondary N) is 1. The molecule has 0 saturated carbocycles. The fourth-order valence-electron chi connectivity index (χ4n) is 3.23. The normalized spacial score (nSPS) is 16.8. The molecule has 7 heteroatoms. The van der Waals surface area contributed by atoms with Crippen LogP contribution in [0.2, 0.25) is 10.0 Å². The highest BCUT2D eigenvalue weighted by Gasteiger charge is 2.13. The quantitative estimate of drug-likeness (QED) is 0.547. The Bertz CT molecular complexity index is 822. The number of halogens is 2. The van der Waals surface area contributed by atoms with Crippen LogP contribution in [0.5, 0.6) is 0 Å². The lowest BCUT2D eigenvalue weighted by Gasteiger charge is -2.27. The molecular formula is C21H26Cl2N4O. The second-order valence-electron chi connectivity index (χ2n) is 6.89. The molecule has 1 unspecified atom stereocenters. The van der Waals surface area contributed by atoms with Gasteiger partial charge in [0.25, 0.3) is 0 Å². The van der Waals surface area contributed by atoms with Crippen LogP contribution in [0, 0.1) is 0 Å². The molecule has 0 radical (unpaired) electrons. The number of hydrogen-bond donors (Lipinski definition) is 2. The summed E-state index contributed by atoms with van der Waals surface area (Å²) in [6.07, 6.45) is 0. The van der Waals surface area contributed by atoms with Crippen molar-refractivity contribution in [2.75, 3.05) is 26.3 Å². The van der Waals surface area contributed by atoms with E-state index in [0.29, 0.717) is 22.5 Å². The van der Waals surface area contributed by atoms with Crippen molar-refractivity contribution in [3.05, 3.63) is 69.2 Å². The number of ether oxygens (including phenoxy) is 1. The summed E-state index contributed by atoms with van der Waals surface area (Å²) in [6, 6.07) is 13.7. The molecule has 1 aliphatic rings. The molecule has 28 heavy (non-hydrogen) atoms. The molecule has 3 rings (SSSR count). The molecule has 1 heterocycles. The van der Waals surface area contributed by atoms with E-state index in [-0.39, 0.29) is 6.04 Å². The van der Waals surface area contributed by atoms with Gasteiger partial charge in [-0.1, -0.05) is 53.5 Å². The van der Waals surface area contributed by atoms with Crippen LogP contribution in [0.3, 0.4) is 0 Å². The van der Waals surface area contributed by atoms with Crippen molar-refractivity contribution in [1.82, 2.24) is 10.2 Å². The van der Waals surface area contributed by atoms with E-state index in [9.17, 15) is 0 Å². The summed E-state index contributed by atoms with van der Waals surface area (Å²) in [7, 11) is 0. The first-order valence-corrected chi connectivity index (χ1v) is 10.2. The molecule has 1 atom stereocenters. The van der Waals surface area contributed by atoms with Crippen LogP contribution < -0.4 is 11.1 Å². The first-order valence-electron chi connectivity index (χ1n) is 9.41. The lowest BCUT2D eigenvalue weighted by atomic mass is 10.1. The third-order valence-electron chi connectivity index (χ3n) is 4.83. The van der Waals surface area contributed by atoms with Gasteiger partial charge in [0.1, 0.15) is 0 Å². The molecule has 1 aliphatic heterocycles. The molecule has 0 amide bonds. The van der Waals surface area contributed by atoms with E-state index in [1.807, 2.05) is 25.1 Å². The number of aliphatic imine (C=N–C) groups is 1. The Kier molecular flexibility index (Phi) is 7.57. The van der Waals surface area contributed by atoms with Crippen molar-refractivity contribution < 1.29 is 4.74 Å². The second-order valence-corrected chi connectivity index (χ2v) is 7.73. The Labute approximate surface area is 176 Å². The van der Waals surface area contributed by atoms with Crippen molar-refractivity contribution in [3.8, 4) is 0 Å². The summed E-state index contributed by atoms with van der Waals surface area (Å²) >= 11 is 12.2. The zero-order valence-corrected chi connectivity index (χ0v) is 17.5. The summed E-state index contributed by atoms with van der Waals surface area (Å²) in [5.41, 5.74) is 9.49. The Morgan fingerprint density at radius 3 is 2.61 bits per heavy atom. The highest BCUT2D eigenvalue weighted by molar-refractivity contribution is 6.35. The molecule has 150 valence electrons. The van der Waals surface area contributed by atoms with Crippen LogP contribution in [0.4, 0.5) is 0 Å². The van der Waals surface area contributed by atoms with Crippen molar-refractivity contribution in [2.45, 2.75) is 26.1 Å². The lowest BCUT2D eigenvalue weighted by Crippen LogP contribution is -2.36. The van der Waals surface area contributed by atoms with Gasteiger partial charge in [-0.2, -0.15) is 0 Å². The van der Waals surface area contributed by atoms with Gasteiger partial charge in [0.05, 0.1) is 25.8 Å². The summed E-state index contributed by atoms with van der Waals surface area (Å²) in [6.45, 7) is 6.93. The number of guanidine groups is 1. The van der Waals surface area contributed by atoms with E-state index in [0.717, 1.165) is 38.4 Å². The summed E-state index contributed by atoms with van der Waals surface area (Å²) in [5.74, 6) is 0.389. The average molecular weight is 421 g/mol. The summed E-state index contributed by atoms with van der Waals surface area (Å²) < 4.78 is 5.43. The van der Waals surface area contributed by atoms with Gasteiger partial charge in [-0.25, -0.2) is 4.99 Å². The molecule has 0 spiro atoms. The molecule has 2 aromatic carbocycles. The highest BCUT2D eigenvalue weighted by atomic mass is 35.5. The van der Waals surface area contributed by atoms with Gasteiger partial charge in [0.2, 0.25) is 0 Å². The summed E-state index contributed by atoms with van der Waals surface area (Å²) in [5, 5.41) is 4.42. The predicted molar refractivity (Wildman–Crippen MR) is 116 cm³/mol. The van der Waals surface area contributed by atoms with Gasteiger partial charge in [-0.3, -0.25) is 4.90 Å². The van der Waals surface area contributed by atoms with E-state index in [1.165, 1.54) is 11.1 Å². The molecule has 2 aromatic rings. The standard InChI is InChI=1S/C21H26Cl2N4O/c1-15(19-7-6-18(22)12-20(19)23)26-21(24)25-13-16-4-2-3-5-17(16)14-27-8-10-28-11-9-27/h2-7,12,15H,8-11,13-14H2,1H3,(H3,24,25,26). The third-order valence-corrected chi connectivity index (χ3v) is 5.39. The Morgan fingerprint density at radius 1 is 1.18 bits per heavy atom. The largest absolute Gasteiger partial charge is 0.379 e. The number of nitrogens with zero attached hydrogens (tertiary/aromatic N) is 2. The van der Waals surface area contributed by atoms with E-state index < -0.39 is 0 Å². The summed E-state index contributed by atoms with van der Waals surface area (Å²) in [4.78, 5) is 6.93. The highest BCUT2D eigenvalue weighted by Crippen LogP contribution is 2.26.